The Hall–Kier alpha value is -0.750. The van der Waals surface area contributed by atoms with Gasteiger partial charge in [-0.15, -0.1) is 0 Å². The first kappa shape index (κ1) is 15.3. The fraction of sp³-hybridized carbons (Fsp3) is 0.500. The molecule has 0 aliphatic rings. The zero-order chi connectivity index (χ0) is 13.6. The van der Waals surface area contributed by atoms with Gasteiger partial charge in [-0.2, -0.15) is 13.2 Å². The second kappa shape index (κ2) is 6.99. The van der Waals surface area contributed by atoms with Crippen LogP contribution in [0, 0.1) is 0 Å². The molecule has 0 amide bonds. The predicted molar refractivity (Wildman–Crippen MR) is 66.0 cm³/mol. The highest BCUT2D eigenvalue weighted by atomic mass is 79.9. The molecule has 1 atom stereocenters. The molecule has 0 bridgehead atoms. The summed E-state index contributed by atoms with van der Waals surface area (Å²) in [7, 11) is 0. The number of alkyl halides is 4. The molecule has 1 N–H and O–H groups in total. The fourth-order valence-corrected chi connectivity index (χ4v) is 1.71. The first-order chi connectivity index (χ1) is 8.42. The van der Waals surface area contributed by atoms with Crippen molar-refractivity contribution in [1.82, 2.24) is 0 Å². The zero-order valence-electron chi connectivity index (χ0n) is 9.58. The minimum Gasteiger partial charge on any atom is -0.494 e. The summed E-state index contributed by atoms with van der Waals surface area (Å²) >= 11 is 3.15. The lowest BCUT2D eigenvalue weighted by molar-refractivity contribution is -0.136. The number of aliphatic hydroxyl groups is 1. The third-order valence-corrected chi connectivity index (χ3v) is 2.90. The topological polar surface area (TPSA) is 29.5 Å². The van der Waals surface area contributed by atoms with Gasteiger partial charge in [0.15, 0.2) is 0 Å². The number of halogens is 4. The zero-order valence-corrected chi connectivity index (χ0v) is 11.2. The lowest BCUT2D eigenvalue weighted by Gasteiger charge is -2.10. The standard InChI is InChI=1S/C12H14BrF3O2/c13-8-11(17)9-2-4-10(5-3-9)18-7-1-6-12(14,15)16/h2-5,11,17H,1,6-8H2. The molecule has 0 fully saturated rings. The normalized spacial score (nSPS) is 13.4. The van der Waals surface area contributed by atoms with E-state index in [1.807, 2.05) is 0 Å². The van der Waals surface area contributed by atoms with E-state index >= 15 is 0 Å². The maximum atomic E-state index is 11.9. The van der Waals surface area contributed by atoms with Gasteiger partial charge in [-0.1, -0.05) is 28.1 Å². The molecule has 0 radical (unpaired) electrons. The van der Waals surface area contributed by atoms with Gasteiger partial charge in [0.25, 0.3) is 0 Å². The Morgan fingerprint density at radius 2 is 1.83 bits per heavy atom. The van der Waals surface area contributed by atoms with E-state index < -0.39 is 18.7 Å². The molecule has 2 nitrogen and oxygen atoms in total. The molecule has 102 valence electrons. The minimum atomic E-state index is -4.13. The lowest BCUT2D eigenvalue weighted by atomic mass is 10.1. The summed E-state index contributed by atoms with van der Waals surface area (Å²) < 4.78 is 40.8. The van der Waals surface area contributed by atoms with Crippen LogP contribution in [-0.2, 0) is 0 Å². The fourth-order valence-electron chi connectivity index (χ4n) is 1.34. The van der Waals surface area contributed by atoms with Crippen LogP contribution < -0.4 is 4.74 Å². The van der Waals surface area contributed by atoms with Crippen molar-refractivity contribution in [3.05, 3.63) is 29.8 Å². The monoisotopic (exact) mass is 326 g/mol. The predicted octanol–water partition coefficient (Wildman–Crippen LogP) is 3.84. The van der Waals surface area contributed by atoms with Gasteiger partial charge < -0.3 is 9.84 Å². The summed E-state index contributed by atoms with van der Waals surface area (Å²) in [4.78, 5) is 0. The van der Waals surface area contributed by atoms with Gasteiger partial charge in [-0.25, -0.2) is 0 Å². The first-order valence-electron chi connectivity index (χ1n) is 5.46. The molecule has 0 aromatic heterocycles. The van der Waals surface area contributed by atoms with E-state index in [1.165, 1.54) is 0 Å². The largest absolute Gasteiger partial charge is 0.494 e. The molecule has 1 aromatic rings. The Bertz CT molecular complexity index is 351. The van der Waals surface area contributed by atoms with E-state index in [0.29, 0.717) is 11.1 Å². The van der Waals surface area contributed by atoms with Crippen molar-refractivity contribution in [2.75, 3.05) is 11.9 Å². The van der Waals surface area contributed by atoms with Crippen molar-refractivity contribution in [2.45, 2.75) is 25.1 Å². The first-order valence-corrected chi connectivity index (χ1v) is 6.58. The summed E-state index contributed by atoms with van der Waals surface area (Å²) in [6.45, 7) is 0.0276. The Morgan fingerprint density at radius 1 is 1.22 bits per heavy atom. The van der Waals surface area contributed by atoms with Crippen LogP contribution in [0.1, 0.15) is 24.5 Å². The summed E-state index contributed by atoms with van der Waals surface area (Å²) in [5.74, 6) is 0.502. The second-order valence-electron chi connectivity index (χ2n) is 3.81. The van der Waals surface area contributed by atoms with E-state index in [4.69, 9.17) is 4.74 Å². The van der Waals surface area contributed by atoms with E-state index in [0.717, 1.165) is 5.56 Å². The second-order valence-corrected chi connectivity index (χ2v) is 4.45. The van der Waals surface area contributed by atoms with Gasteiger partial charge in [-0.05, 0) is 24.1 Å². The van der Waals surface area contributed by atoms with Crippen LogP contribution in [0.2, 0.25) is 0 Å². The highest BCUT2D eigenvalue weighted by Gasteiger charge is 2.26. The van der Waals surface area contributed by atoms with Crippen molar-refractivity contribution in [2.24, 2.45) is 0 Å². The summed E-state index contributed by atoms with van der Waals surface area (Å²) in [5, 5.41) is 9.94. The van der Waals surface area contributed by atoms with Crippen molar-refractivity contribution in [1.29, 1.82) is 0 Å². The number of ether oxygens (including phenoxy) is 1. The highest BCUT2D eigenvalue weighted by molar-refractivity contribution is 9.09. The Kier molecular flexibility index (Phi) is 5.95. The molecule has 0 saturated heterocycles. The minimum absolute atomic E-state index is 0.0276. The summed E-state index contributed by atoms with van der Waals surface area (Å²) in [6, 6.07) is 6.64. The van der Waals surface area contributed by atoms with Crippen LogP contribution >= 0.6 is 15.9 Å². The molecule has 1 aromatic carbocycles. The SMILES string of the molecule is OC(CBr)c1ccc(OCCCC(F)(F)F)cc1. The number of hydrogen-bond acceptors (Lipinski definition) is 2. The van der Waals surface area contributed by atoms with Crippen LogP contribution in [0.3, 0.4) is 0 Å². The molecule has 1 rings (SSSR count). The molecule has 6 heteroatoms. The number of hydrogen-bond donors (Lipinski definition) is 1. The van der Waals surface area contributed by atoms with Crippen LogP contribution in [0.4, 0.5) is 13.2 Å². The van der Waals surface area contributed by atoms with Gasteiger partial charge in [0.1, 0.15) is 5.75 Å². The quantitative estimate of drug-likeness (QED) is 0.635. The third-order valence-electron chi connectivity index (χ3n) is 2.28. The molecular formula is C12H14BrF3O2. The lowest BCUT2D eigenvalue weighted by Crippen LogP contribution is -2.09. The Balaban J connectivity index is 2.35. The van der Waals surface area contributed by atoms with Gasteiger partial charge >= 0.3 is 6.18 Å². The highest BCUT2D eigenvalue weighted by Crippen LogP contribution is 2.22. The molecule has 0 heterocycles. The van der Waals surface area contributed by atoms with Crippen LogP contribution in [0.15, 0.2) is 24.3 Å². The van der Waals surface area contributed by atoms with E-state index in [2.05, 4.69) is 15.9 Å². The van der Waals surface area contributed by atoms with Crippen molar-refractivity contribution < 1.29 is 23.0 Å². The molecule has 0 aliphatic carbocycles. The maximum Gasteiger partial charge on any atom is 0.389 e. The van der Waals surface area contributed by atoms with Gasteiger partial charge in [0, 0.05) is 11.8 Å². The molecule has 0 saturated carbocycles. The number of benzene rings is 1. The average molecular weight is 327 g/mol. The van der Waals surface area contributed by atoms with E-state index in [9.17, 15) is 18.3 Å². The summed E-state index contributed by atoms with van der Waals surface area (Å²) in [6.07, 6.45) is -5.63. The number of aliphatic hydroxyl groups excluding tert-OH is 1. The van der Waals surface area contributed by atoms with Crippen LogP contribution in [0.5, 0.6) is 5.75 Å². The van der Waals surface area contributed by atoms with Crippen molar-refractivity contribution in [3.8, 4) is 5.75 Å². The van der Waals surface area contributed by atoms with Crippen molar-refractivity contribution >= 4 is 15.9 Å². The Morgan fingerprint density at radius 3 is 2.33 bits per heavy atom. The van der Waals surface area contributed by atoms with Gasteiger partial charge in [-0.3, -0.25) is 0 Å². The average Bonchev–Trinajstić information content (AvgIpc) is 2.33. The van der Waals surface area contributed by atoms with Crippen molar-refractivity contribution in [3.63, 3.8) is 0 Å². The van der Waals surface area contributed by atoms with E-state index in [-0.39, 0.29) is 13.0 Å². The van der Waals surface area contributed by atoms with Gasteiger partial charge in [0.05, 0.1) is 12.7 Å². The molecule has 18 heavy (non-hydrogen) atoms. The molecule has 0 aliphatic heterocycles. The van der Waals surface area contributed by atoms with E-state index in [1.54, 1.807) is 24.3 Å². The Labute approximate surface area is 112 Å². The van der Waals surface area contributed by atoms with Crippen LogP contribution in [-0.4, -0.2) is 23.2 Å². The third kappa shape index (κ3) is 5.73. The maximum absolute atomic E-state index is 11.9. The molecular weight excluding hydrogens is 313 g/mol. The molecule has 1 unspecified atom stereocenters. The summed E-state index contributed by atoms with van der Waals surface area (Å²) in [5.41, 5.74) is 0.731. The molecule has 0 spiro atoms. The number of rotatable bonds is 6. The smallest absolute Gasteiger partial charge is 0.389 e. The van der Waals surface area contributed by atoms with Gasteiger partial charge in [0.2, 0.25) is 0 Å². The van der Waals surface area contributed by atoms with Crippen LogP contribution in [0.25, 0.3) is 0 Å².